The van der Waals surface area contributed by atoms with Crippen molar-refractivity contribution in [3.05, 3.63) is 47.8 Å². The van der Waals surface area contributed by atoms with Crippen LogP contribution < -0.4 is 0 Å². The molecule has 0 aromatic carbocycles. The fraction of sp³-hybridized carbons (Fsp3) is 0.615. The molecule has 4 heteroatoms. The lowest BCUT2D eigenvalue weighted by atomic mass is 9.47. The zero-order chi connectivity index (χ0) is 21.5. The van der Waals surface area contributed by atoms with Crippen molar-refractivity contribution >= 4 is 11.5 Å². The molecule has 4 aliphatic carbocycles. The number of nitrogens with zero attached hydrogens (tertiary/aromatic N) is 1. The third-order valence-electron chi connectivity index (χ3n) is 8.63. The number of aromatic nitrogens is 1. The smallest absolute Gasteiger partial charge is 0.300 e. The summed E-state index contributed by atoms with van der Waals surface area (Å²) >= 11 is 0. The van der Waals surface area contributed by atoms with Gasteiger partial charge in [-0.05, 0) is 90.7 Å². The van der Waals surface area contributed by atoms with Gasteiger partial charge in [-0.15, -0.1) is 0 Å². The summed E-state index contributed by atoms with van der Waals surface area (Å²) in [5.74, 6) is 1.52. The van der Waals surface area contributed by atoms with Gasteiger partial charge in [-0.25, -0.2) is 0 Å². The van der Waals surface area contributed by atoms with Crippen LogP contribution in [0.5, 0.6) is 0 Å². The third kappa shape index (κ3) is 3.53. The zero-order valence-electron chi connectivity index (χ0n) is 18.5. The normalized spacial score (nSPS) is 39.3. The second-order valence-electron chi connectivity index (χ2n) is 10.2. The Morgan fingerprint density at radius 3 is 2.53 bits per heavy atom. The minimum absolute atomic E-state index is 0.106. The summed E-state index contributed by atoms with van der Waals surface area (Å²) in [6.45, 7) is 6.11. The SMILES string of the molecule is CC(=O)O.C[C@]12CCC(O)CC1=CC[C@@H]1[C@@H]2CC[C@]2(C)C(c3cccnc3)=CC[C@@H]12. The number of allylic oxidation sites excluding steroid dienone is 3. The maximum absolute atomic E-state index is 10.2. The number of carbonyl (C=O) groups is 1. The monoisotopic (exact) mass is 409 g/mol. The number of aliphatic hydroxyl groups is 1. The molecule has 1 unspecified atom stereocenters. The Labute approximate surface area is 180 Å². The molecule has 5 rings (SSSR count). The van der Waals surface area contributed by atoms with E-state index in [-0.39, 0.29) is 6.10 Å². The first-order valence-electron chi connectivity index (χ1n) is 11.4. The molecule has 0 bridgehead atoms. The van der Waals surface area contributed by atoms with Crippen molar-refractivity contribution in [1.29, 1.82) is 0 Å². The van der Waals surface area contributed by atoms with Crippen molar-refractivity contribution in [3.8, 4) is 0 Å². The van der Waals surface area contributed by atoms with Crippen molar-refractivity contribution in [2.75, 3.05) is 0 Å². The summed E-state index contributed by atoms with van der Waals surface area (Å²) < 4.78 is 0. The Morgan fingerprint density at radius 2 is 1.83 bits per heavy atom. The number of rotatable bonds is 1. The number of carboxylic acids is 1. The van der Waals surface area contributed by atoms with Crippen LogP contribution in [0.4, 0.5) is 0 Å². The molecule has 0 radical (unpaired) electrons. The van der Waals surface area contributed by atoms with Crippen molar-refractivity contribution in [2.45, 2.75) is 71.8 Å². The Hall–Kier alpha value is -1.94. The van der Waals surface area contributed by atoms with Crippen LogP contribution in [-0.2, 0) is 4.79 Å². The van der Waals surface area contributed by atoms with Gasteiger partial charge in [0, 0.05) is 19.3 Å². The first kappa shape index (κ1) is 21.3. The highest BCUT2D eigenvalue weighted by Crippen LogP contribution is 2.66. The number of aliphatic carboxylic acids is 1. The predicted molar refractivity (Wildman–Crippen MR) is 119 cm³/mol. The van der Waals surface area contributed by atoms with Crippen LogP contribution in [0, 0.1) is 28.6 Å². The number of fused-ring (bicyclic) bond motifs is 5. The molecule has 0 spiro atoms. The Balaban J connectivity index is 0.000000503. The van der Waals surface area contributed by atoms with Crippen LogP contribution in [-0.4, -0.2) is 27.3 Å². The van der Waals surface area contributed by atoms with Crippen LogP contribution >= 0.6 is 0 Å². The molecule has 162 valence electrons. The van der Waals surface area contributed by atoms with E-state index in [1.807, 2.05) is 12.4 Å². The molecule has 2 fully saturated rings. The van der Waals surface area contributed by atoms with Crippen molar-refractivity contribution in [3.63, 3.8) is 0 Å². The van der Waals surface area contributed by atoms with Crippen LogP contribution in [0.2, 0.25) is 0 Å². The number of pyridine rings is 1. The quantitative estimate of drug-likeness (QED) is 0.602. The van der Waals surface area contributed by atoms with E-state index in [1.165, 1.54) is 37.7 Å². The van der Waals surface area contributed by atoms with Gasteiger partial charge < -0.3 is 10.2 Å². The molecule has 2 saturated carbocycles. The first-order chi connectivity index (χ1) is 14.3. The van der Waals surface area contributed by atoms with Gasteiger partial charge in [0.2, 0.25) is 0 Å². The molecule has 2 N–H and O–H groups in total. The number of hydrogen-bond acceptors (Lipinski definition) is 3. The Morgan fingerprint density at radius 1 is 1.10 bits per heavy atom. The van der Waals surface area contributed by atoms with Crippen LogP contribution in [0.3, 0.4) is 0 Å². The molecule has 0 aliphatic heterocycles. The van der Waals surface area contributed by atoms with E-state index in [9.17, 15) is 5.11 Å². The van der Waals surface area contributed by atoms with Crippen molar-refractivity contribution in [2.24, 2.45) is 28.6 Å². The van der Waals surface area contributed by atoms with Crippen LogP contribution in [0.15, 0.2) is 42.3 Å². The molecule has 1 heterocycles. The summed E-state index contributed by atoms with van der Waals surface area (Å²) in [5.41, 5.74) is 5.09. The lowest BCUT2D eigenvalue weighted by Crippen LogP contribution is -2.49. The summed E-state index contributed by atoms with van der Waals surface area (Å²) in [6.07, 6.45) is 17.0. The highest BCUT2D eigenvalue weighted by molar-refractivity contribution is 5.72. The van der Waals surface area contributed by atoms with E-state index >= 15 is 0 Å². The predicted octanol–water partition coefficient (Wildman–Crippen LogP) is 5.49. The molecule has 4 nitrogen and oxygen atoms in total. The van der Waals surface area contributed by atoms with E-state index in [2.05, 4.69) is 43.1 Å². The maximum Gasteiger partial charge on any atom is 0.300 e. The van der Waals surface area contributed by atoms with E-state index in [1.54, 1.807) is 11.1 Å². The third-order valence-corrected chi connectivity index (χ3v) is 8.63. The van der Waals surface area contributed by atoms with Gasteiger partial charge >= 0.3 is 0 Å². The summed E-state index contributed by atoms with van der Waals surface area (Å²) in [4.78, 5) is 13.4. The highest BCUT2D eigenvalue weighted by Gasteiger charge is 2.56. The average molecular weight is 410 g/mol. The molecule has 1 aromatic heterocycles. The summed E-state index contributed by atoms with van der Waals surface area (Å²) in [6, 6.07) is 4.31. The zero-order valence-corrected chi connectivity index (χ0v) is 18.5. The van der Waals surface area contributed by atoms with Gasteiger partial charge in [-0.3, -0.25) is 9.78 Å². The lowest BCUT2D eigenvalue weighted by Gasteiger charge is -2.57. The van der Waals surface area contributed by atoms with Crippen LogP contribution in [0.25, 0.3) is 5.57 Å². The topological polar surface area (TPSA) is 70.4 Å². The molecule has 0 saturated heterocycles. The fourth-order valence-corrected chi connectivity index (χ4v) is 7.18. The van der Waals surface area contributed by atoms with E-state index in [0.717, 1.165) is 37.5 Å². The molecule has 6 atom stereocenters. The molecule has 1 aromatic rings. The number of hydrogen-bond donors (Lipinski definition) is 2. The molecular weight excluding hydrogens is 374 g/mol. The average Bonchev–Trinajstić information content (AvgIpc) is 3.06. The standard InChI is InChI=1S/C24H31NO.C2H4O2/c1-23-11-9-18(26)14-17(23)5-6-19-21-8-7-20(16-4-3-13-25-15-16)24(21,2)12-10-22(19)23;1-2(3)4/h3-5,7,13,15,18-19,21-22,26H,6,8-12,14H2,1-2H3;1H3,(H,3,4)/t18?,19-,21-,22-,23-,24+;/m0./s1. The van der Waals surface area contributed by atoms with Crippen molar-refractivity contribution in [1.82, 2.24) is 4.98 Å². The number of aliphatic hydroxyl groups excluding tert-OH is 1. The molecule has 0 amide bonds. The van der Waals surface area contributed by atoms with E-state index < -0.39 is 5.97 Å². The largest absolute Gasteiger partial charge is 0.481 e. The van der Waals surface area contributed by atoms with Gasteiger partial charge in [0.05, 0.1) is 6.10 Å². The molecule has 30 heavy (non-hydrogen) atoms. The van der Waals surface area contributed by atoms with Gasteiger partial charge in [-0.1, -0.05) is 37.6 Å². The lowest BCUT2D eigenvalue weighted by molar-refractivity contribution is -0.134. The van der Waals surface area contributed by atoms with Gasteiger partial charge in [-0.2, -0.15) is 0 Å². The first-order valence-corrected chi connectivity index (χ1v) is 11.4. The minimum Gasteiger partial charge on any atom is -0.481 e. The summed E-state index contributed by atoms with van der Waals surface area (Å²) in [5, 5.41) is 17.6. The van der Waals surface area contributed by atoms with Gasteiger partial charge in [0.15, 0.2) is 0 Å². The van der Waals surface area contributed by atoms with E-state index in [0.29, 0.717) is 10.8 Å². The maximum atomic E-state index is 10.2. The summed E-state index contributed by atoms with van der Waals surface area (Å²) in [7, 11) is 0. The van der Waals surface area contributed by atoms with Crippen molar-refractivity contribution < 1.29 is 15.0 Å². The number of carboxylic acid groups (broad SMARTS) is 1. The fourth-order valence-electron chi connectivity index (χ4n) is 7.18. The van der Waals surface area contributed by atoms with Gasteiger partial charge in [0.1, 0.15) is 0 Å². The highest BCUT2D eigenvalue weighted by atomic mass is 16.4. The molecule has 4 aliphatic rings. The molecular formula is C26H35NO3. The Kier molecular flexibility index (Phi) is 5.65. The second-order valence-corrected chi connectivity index (χ2v) is 10.2. The van der Waals surface area contributed by atoms with Crippen LogP contribution in [0.1, 0.15) is 71.3 Å². The minimum atomic E-state index is -0.833. The van der Waals surface area contributed by atoms with Gasteiger partial charge in [0.25, 0.3) is 5.97 Å². The second kappa shape index (κ2) is 7.96. The van der Waals surface area contributed by atoms with E-state index in [4.69, 9.17) is 9.90 Å². The Bertz CT molecular complexity index is 856.